The van der Waals surface area contributed by atoms with Crippen LogP contribution in [0.15, 0.2) is 18.2 Å². The summed E-state index contributed by atoms with van der Waals surface area (Å²) in [6, 6.07) is 5.34. The van der Waals surface area contributed by atoms with E-state index in [9.17, 15) is 4.39 Å². The first-order chi connectivity index (χ1) is 9.63. The summed E-state index contributed by atoms with van der Waals surface area (Å²) in [4.78, 5) is 2.41. The minimum Gasteiger partial charge on any atom is -0.371 e. The van der Waals surface area contributed by atoms with Gasteiger partial charge in [-0.05, 0) is 50.6 Å². The van der Waals surface area contributed by atoms with E-state index >= 15 is 0 Å². The van der Waals surface area contributed by atoms with Crippen molar-refractivity contribution in [2.75, 3.05) is 25.0 Å². The van der Waals surface area contributed by atoms with Crippen molar-refractivity contribution < 1.29 is 4.39 Å². The van der Waals surface area contributed by atoms with Gasteiger partial charge in [0.25, 0.3) is 0 Å². The van der Waals surface area contributed by atoms with Gasteiger partial charge in [-0.2, -0.15) is 0 Å². The fraction of sp³-hybridized carbons (Fsp3) is 0.647. The summed E-state index contributed by atoms with van der Waals surface area (Å²) in [5.41, 5.74) is 2.23. The minimum atomic E-state index is -0.156. The Kier molecular flexibility index (Phi) is 7.60. The van der Waals surface area contributed by atoms with E-state index in [1.807, 2.05) is 13.1 Å². The Morgan fingerprint density at radius 2 is 1.75 bits per heavy atom. The minimum absolute atomic E-state index is 0.156. The molecule has 0 amide bonds. The number of rotatable bonds is 9. The van der Waals surface area contributed by atoms with Gasteiger partial charge in [-0.25, -0.2) is 4.39 Å². The summed E-state index contributed by atoms with van der Waals surface area (Å²) in [5.74, 6) is -0.156. The molecule has 1 aromatic rings. The van der Waals surface area contributed by atoms with Crippen LogP contribution in [-0.4, -0.2) is 20.1 Å². The Morgan fingerprint density at radius 3 is 2.25 bits per heavy atom. The van der Waals surface area contributed by atoms with Crippen molar-refractivity contribution in [3.8, 4) is 0 Å². The Bertz CT molecular complexity index is 385. The Labute approximate surface area is 123 Å². The highest BCUT2D eigenvalue weighted by molar-refractivity contribution is 5.55. The zero-order valence-electron chi connectivity index (χ0n) is 13.4. The quantitative estimate of drug-likeness (QED) is 0.716. The molecule has 0 fully saturated rings. The molecular weight excluding hydrogens is 251 g/mol. The molecule has 0 radical (unpaired) electrons. The van der Waals surface area contributed by atoms with E-state index in [0.717, 1.165) is 18.7 Å². The lowest BCUT2D eigenvalue weighted by molar-refractivity contribution is 0.602. The zero-order chi connectivity index (χ0) is 15.0. The van der Waals surface area contributed by atoms with Crippen molar-refractivity contribution in [3.05, 3.63) is 29.6 Å². The van der Waals surface area contributed by atoms with E-state index in [2.05, 4.69) is 31.0 Å². The average Bonchev–Trinajstić information content (AvgIpc) is 2.47. The van der Waals surface area contributed by atoms with Gasteiger partial charge in [0.1, 0.15) is 5.82 Å². The number of benzene rings is 1. The van der Waals surface area contributed by atoms with Crippen molar-refractivity contribution in [1.82, 2.24) is 5.32 Å². The topological polar surface area (TPSA) is 15.3 Å². The molecule has 0 saturated heterocycles. The van der Waals surface area contributed by atoms with E-state index in [1.54, 1.807) is 12.1 Å². The lowest BCUT2D eigenvalue weighted by Gasteiger charge is -2.29. The molecule has 0 aliphatic rings. The van der Waals surface area contributed by atoms with Gasteiger partial charge in [0.15, 0.2) is 0 Å². The molecule has 1 atom stereocenters. The summed E-state index contributed by atoms with van der Waals surface area (Å²) in [6.07, 6.45) is 4.71. The summed E-state index contributed by atoms with van der Waals surface area (Å²) in [7, 11) is 1.92. The monoisotopic (exact) mass is 280 g/mol. The summed E-state index contributed by atoms with van der Waals surface area (Å²) < 4.78 is 13.6. The predicted molar refractivity (Wildman–Crippen MR) is 85.9 cm³/mol. The van der Waals surface area contributed by atoms with Crippen molar-refractivity contribution in [3.63, 3.8) is 0 Å². The molecule has 114 valence electrons. The Hall–Kier alpha value is -1.09. The van der Waals surface area contributed by atoms with E-state index in [1.165, 1.54) is 31.4 Å². The molecule has 3 heteroatoms. The second-order valence-corrected chi connectivity index (χ2v) is 5.41. The molecule has 1 N–H and O–H groups in total. The van der Waals surface area contributed by atoms with Gasteiger partial charge in [0.05, 0.1) is 0 Å². The third-order valence-electron chi connectivity index (χ3n) is 3.79. The van der Waals surface area contributed by atoms with Crippen LogP contribution in [0.4, 0.5) is 10.1 Å². The maximum atomic E-state index is 13.6. The van der Waals surface area contributed by atoms with Crippen LogP contribution in [0, 0.1) is 5.82 Å². The number of nitrogens with one attached hydrogen (secondary N) is 1. The van der Waals surface area contributed by atoms with Crippen LogP contribution in [0.3, 0.4) is 0 Å². The lowest BCUT2D eigenvalue weighted by Crippen LogP contribution is -2.28. The molecule has 0 aromatic heterocycles. The molecule has 20 heavy (non-hydrogen) atoms. The largest absolute Gasteiger partial charge is 0.371 e. The first-order valence-electron chi connectivity index (χ1n) is 7.85. The fourth-order valence-corrected chi connectivity index (χ4v) is 2.37. The number of hydrogen-bond donors (Lipinski definition) is 1. The molecule has 1 rings (SSSR count). The van der Waals surface area contributed by atoms with E-state index < -0.39 is 0 Å². The third kappa shape index (κ3) is 4.78. The first-order valence-corrected chi connectivity index (χ1v) is 7.85. The van der Waals surface area contributed by atoms with Crippen LogP contribution in [0.1, 0.15) is 58.1 Å². The van der Waals surface area contributed by atoms with Gasteiger partial charge < -0.3 is 10.2 Å². The highest BCUT2D eigenvalue weighted by atomic mass is 19.1. The first kappa shape index (κ1) is 17.0. The molecular formula is C17H29FN2. The van der Waals surface area contributed by atoms with Gasteiger partial charge in [0.2, 0.25) is 0 Å². The second kappa shape index (κ2) is 8.96. The molecule has 0 aliphatic heterocycles. The van der Waals surface area contributed by atoms with Gasteiger partial charge in [0, 0.05) is 24.8 Å². The number of hydrogen-bond acceptors (Lipinski definition) is 2. The van der Waals surface area contributed by atoms with E-state index in [4.69, 9.17) is 0 Å². The summed E-state index contributed by atoms with van der Waals surface area (Å²) >= 11 is 0. The fourth-order valence-electron chi connectivity index (χ4n) is 2.37. The van der Waals surface area contributed by atoms with Crippen LogP contribution in [0.25, 0.3) is 0 Å². The highest BCUT2D eigenvalue weighted by Gasteiger charge is 2.15. The third-order valence-corrected chi connectivity index (χ3v) is 3.79. The number of anilines is 1. The van der Waals surface area contributed by atoms with Crippen LogP contribution in [0.2, 0.25) is 0 Å². The van der Waals surface area contributed by atoms with Crippen molar-refractivity contribution in [2.24, 2.45) is 0 Å². The maximum absolute atomic E-state index is 13.6. The van der Waals surface area contributed by atoms with Crippen LogP contribution in [-0.2, 0) is 0 Å². The molecule has 0 spiro atoms. The summed E-state index contributed by atoms with van der Waals surface area (Å²) in [5, 5.41) is 3.22. The number of nitrogens with zero attached hydrogens (tertiary/aromatic N) is 1. The molecule has 0 bridgehead atoms. The SMILES string of the molecule is CCCCN(CCCC)c1ccc(F)cc1C(C)NC. The molecule has 1 aromatic carbocycles. The number of unbranched alkanes of at least 4 members (excludes halogenated alkanes) is 2. The lowest BCUT2D eigenvalue weighted by atomic mass is 10.0. The summed E-state index contributed by atoms with van der Waals surface area (Å²) in [6.45, 7) is 8.59. The van der Waals surface area contributed by atoms with Crippen molar-refractivity contribution in [1.29, 1.82) is 0 Å². The second-order valence-electron chi connectivity index (χ2n) is 5.41. The van der Waals surface area contributed by atoms with Gasteiger partial charge in [-0.15, -0.1) is 0 Å². The van der Waals surface area contributed by atoms with E-state index in [-0.39, 0.29) is 11.9 Å². The molecule has 2 nitrogen and oxygen atoms in total. The van der Waals surface area contributed by atoms with Gasteiger partial charge in [-0.3, -0.25) is 0 Å². The maximum Gasteiger partial charge on any atom is 0.123 e. The van der Waals surface area contributed by atoms with Crippen LogP contribution < -0.4 is 10.2 Å². The molecule has 0 saturated carbocycles. The number of halogens is 1. The van der Waals surface area contributed by atoms with Crippen LogP contribution in [0.5, 0.6) is 0 Å². The normalized spacial score (nSPS) is 12.4. The Balaban J connectivity index is 3.03. The molecule has 0 aliphatic carbocycles. The predicted octanol–water partition coefficient (Wildman–Crippen LogP) is 4.51. The molecule has 1 unspecified atom stereocenters. The van der Waals surface area contributed by atoms with Gasteiger partial charge in [-0.1, -0.05) is 26.7 Å². The zero-order valence-corrected chi connectivity index (χ0v) is 13.4. The van der Waals surface area contributed by atoms with Crippen LogP contribution >= 0.6 is 0 Å². The highest BCUT2D eigenvalue weighted by Crippen LogP contribution is 2.28. The average molecular weight is 280 g/mol. The smallest absolute Gasteiger partial charge is 0.123 e. The van der Waals surface area contributed by atoms with E-state index in [0.29, 0.717) is 0 Å². The van der Waals surface area contributed by atoms with Crippen molar-refractivity contribution in [2.45, 2.75) is 52.5 Å². The van der Waals surface area contributed by atoms with Gasteiger partial charge >= 0.3 is 0 Å². The molecule has 0 heterocycles. The standard InChI is InChI=1S/C17H29FN2/c1-5-7-11-20(12-8-6-2)17-10-9-15(18)13-16(17)14(3)19-4/h9-10,13-14,19H,5-8,11-12H2,1-4H3. The Morgan fingerprint density at radius 1 is 1.15 bits per heavy atom. The van der Waals surface area contributed by atoms with Crippen molar-refractivity contribution >= 4 is 5.69 Å².